The smallest absolute Gasteiger partial charge is 0.480 e. The zero-order valence-corrected chi connectivity index (χ0v) is 14.0. The fraction of sp³-hybridized carbons (Fsp3) is 0.846. The number of carboxylic acids is 1. The largest absolute Gasteiger partial charge is 0.532 e. The van der Waals surface area contributed by atoms with Gasteiger partial charge < -0.3 is 9.63 Å². The van der Waals surface area contributed by atoms with Gasteiger partial charge in [-0.25, -0.2) is 4.57 Å². The minimum atomic E-state index is -4.07. The Kier molecular flexibility index (Phi) is 8.78. The molecule has 1 N–H and O–H groups in total. The van der Waals surface area contributed by atoms with Crippen LogP contribution in [-0.2, 0) is 27.7 Å². The van der Waals surface area contributed by atoms with E-state index in [9.17, 15) is 19.3 Å². The number of unbranched alkanes of at least 4 members (excludes halogenated alkanes) is 1. The summed E-state index contributed by atoms with van der Waals surface area (Å²) in [5.41, 5.74) is -1.72. The number of carbonyl (C=O) groups is 2. The maximum absolute atomic E-state index is 12.3. The molecule has 21 heavy (non-hydrogen) atoms. The molecule has 0 amide bonds. The molecule has 0 aliphatic heterocycles. The third-order valence-corrected chi connectivity index (χ3v) is 4.67. The number of carbonyl (C=O) groups excluding carboxylic acids is 1. The standard InChI is InChI=1S/C13H25O7P/c1-5-9-10-13(6-2,11(14)15)12(16)20-21(17,18-7-3)19-8-4/h5-10H2,1-4H3,(H,14,15)/t13-/m0/s1. The molecular formula is C13H25O7P. The summed E-state index contributed by atoms with van der Waals surface area (Å²) >= 11 is 0. The van der Waals surface area contributed by atoms with Crippen LogP contribution in [0, 0.1) is 5.41 Å². The van der Waals surface area contributed by atoms with Crippen LogP contribution in [0.2, 0.25) is 0 Å². The highest BCUT2D eigenvalue weighted by Crippen LogP contribution is 2.51. The molecule has 8 heteroatoms. The second kappa shape index (κ2) is 9.18. The Labute approximate surface area is 125 Å². The molecule has 0 heterocycles. The monoisotopic (exact) mass is 324 g/mol. The third-order valence-electron chi connectivity index (χ3n) is 3.13. The Balaban J connectivity index is 5.28. The molecule has 0 spiro atoms. The predicted molar refractivity (Wildman–Crippen MR) is 76.8 cm³/mol. The van der Waals surface area contributed by atoms with Crippen molar-refractivity contribution < 1.29 is 32.8 Å². The van der Waals surface area contributed by atoms with Gasteiger partial charge in [-0.05, 0) is 26.7 Å². The molecule has 0 aromatic rings. The summed E-state index contributed by atoms with van der Waals surface area (Å²) in [7, 11) is -4.07. The van der Waals surface area contributed by atoms with Crippen LogP contribution in [0.25, 0.3) is 0 Å². The lowest BCUT2D eigenvalue weighted by molar-refractivity contribution is -0.165. The first-order valence-electron chi connectivity index (χ1n) is 7.18. The fourth-order valence-electron chi connectivity index (χ4n) is 1.84. The molecule has 0 aromatic carbocycles. The van der Waals surface area contributed by atoms with E-state index in [0.29, 0.717) is 6.42 Å². The summed E-state index contributed by atoms with van der Waals surface area (Å²) in [6.07, 6.45) is 1.44. The van der Waals surface area contributed by atoms with Gasteiger partial charge in [0.2, 0.25) is 0 Å². The van der Waals surface area contributed by atoms with Crippen LogP contribution in [0.5, 0.6) is 0 Å². The van der Waals surface area contributed by atoms with Gasteiger partial charge in [0.15, 0.2) is 5.41 Å². The molecule has 0 saturated heterocycles. The van der Waals surface area contributed by atoms with E-state index in [4.69, 9.17) is 13.6 Å². The van der Waals surface area contributed by atoms with Gasteiger partial charge in [-0.15, -0.1) is 0 Å². The van der Waals surface area contributed by atoms with Crippen molar-refractivity contribution in [3.63, 3.8) is 0 Å². The van der Waals surface area contributed by atoms with E-state index in [2.05, 4.69) is 0 Å². The molecule has 7 nitrogen and oxygen atoms in total. The Morgan fingerprint density at radius 2 is 1.62 bits per heavy atom. The second-order valence-corrected chi connectivity index (χ2v) is 6.10. The quantitative estimate of drug-likeness (QED) is 0.459. The average molecular weight is 324 g/mol. The van der Waals surface area contributed by atoms with Crippen molar-refractivity contribution in [2.75, 3.05) is 13.2 Å². The molecule has 0 saturated carbocycles. The third kappa shape index (κ3) is 5.41. The summed E-state index contributed by atoms with van der Waals surface area (Å²) in [4.78, 5) is 23.8. The van der Waals surface area contributed by atoms with Crippen LogP contribution < -0.4 is 0 Å². The molecular weight excluding hydrogens is 299 g/mol. The highest BCUT2D eigenvalue weighted by atomic mass is 31.2. The summed E-state index contributed by atoms with van der Waals surface area (Å²) in [6, 6.07) is 0. The molecule has 0 bridgehead atoms. The molecule has 0 aromatic heterocycles. The Hall–Kier alpha value is -0.910. The van der Waals surface area contributed by atoms with Crippen LogP contribution in [0.4, 0.5) is 0 Å². The molecule has 0 aliphatic rings. The van der Waals surface area contributed by atoms with Crippen molar-refractivity contribution in [2.24, 2.45) is 5.41 Å². The van der Waals surface area contributed by atoms with E-state index in [0.717, 1.165) is 6.42 Å². The maximum atomic E-state index is 12.3. The minimum Gasteiger partial charge on any atom is -0.480 e. The summed E-state index contributed by atoms with van der Waals surface area (Å²) in [6.45, 7) is 6.65. The summed E-state index contributed by atoms with van der Waals surface area (Å²) in [5.74, 6) is -2.36. The molecule has 0 rings (SSSR count). The van der Waals surface area contributed by atoms with E-state index in [-0.39, 0.29) is 26.1 Å². The highest BCUT2D eigenvalue weighted by molar-refractivity contribution is 7.49. The highest BCUT2D eigenvalue weighted by Gasteiger charge is 2.48. The number of phosphoric acid groups is 1. The molecule has 0 radical (unpaired) electrons. The van der Waals surface area contributed by atoms with E-state index in [1.807, 2.05) is 6.92 Å². The van der Waals surface area contributed by atoms with Crippen molar-refractivity contribution in [3.8, 4) is 0 Å². The lowest BCUT2D eigenvalue weighted by Gasteiger charge is -2.27. The first-order chi connectivity index (χ1) is 9.81. The first-order valence-corrected chi connectivity index (χ1v) is 8.64. The van der Waals surface area contributed by atoms with Crippen molar-refractivity contribution in [2.45, 2.75) is 53.4 Å². The van der Waals surface area contributed by atoms with Crippen LogP contribution in [0.3, 0.4) is 0 Å². The van der Waals surface area contributed by atoms with E-state index in [1.165, 1.54) is 0 Å². The van der Waals surface area contributed by atoms with Crippen LogP contribution in [0.1, 0.15) is 53.4 Å². The lowest BCUT2D eigenvalue weighted by Crippen LogP contribution is -2.40. The average Bonchev–Trinajstić information content (AvgIpc) is 2.39. The van der Waals surface area contributed by atoms with Crippen LogP contribution in [0.15, 0.2) is 0 Å². The molecule has 0 fully saturated rings. The van der Waals surface area contributed by atoms with Gasteiger partial charge in [0.25, 0.3) is 0 Å². The minimum absolute atomic E-state index is 0.0196. The molecule has 0 unspecified atom stereocenters. The summed E-state index contributed by atoms with van der Waals surface area (Å²) in [5, 5.41) is 9.41. The number of hydrogen-bond donors (Lipinski definition) is 1. The molecule has 1 atom stereocenters. The lowest BCUT2D eigenvalue weighted by atomic mass is 9.80. The van der Waals surface area contributed by atoms with Crippen LogP contribution in [-0.4, -0.2) is 30.3 Å². The van der Waals surface area contributed by atoms with Gasteiger partial charge >= 0.3 is 19.8 Å². The first kappa shape index (κ1) is 20.1. The van der Waals surface area contributed by atoms with Crippen molar-refractivity contribution in [3.05, 3.63) is 0 Å². The van der Waals surface area contributed by atoms with Gasteiger partial charge in [-0.1, -0.05) is 26.7 Å². The van der Waals surface area contributed by atoms with Gasteiger partial charge in [0, 0.05) is 0 Å². The van der Waals surface area contributed by atoms with E-state index < -0.39 is 25.2 Å². The van der Waals surface area contributed by atoms with Gasteiger partial charge in [0.1, 0.15) is 0 Å². The van der Waals surface area contributed by atoms with E-state index >= 15 is 0 Å². The Morgan fingerprint density at radius 3 is 1.95 bits per heavy atom. The van der Waals surface area contributed by atoms with Crippen molar-refractivity contribution in [1.82, 2.24) is 0 Å². The topological polar surface area (TPSA) is 99.1 Å². The number of carboxylic acid groups (broad SMARTS) is 1. The summed E-state index contributed by atoms with van der Waals surface area (Å²) < 4.78 is 26.8. The zero-order valence-electron chi connectivity index (χ0n) is 13.1. The predicted octanol–water partition coefficient (Wildman–Crippen LogP) is 3.38. The zero-order chi connectivity index (χ0) is 16.5. The number of rotatable bonds is 11. The number of phosphoric ester groups is 1. The number of aliphatic carboxylic acids is 1. The molecule has 0 aliphatic carbocycles. The van der Waals surface area contributed by atoms with Crippen molar-refractivity contribution >= 4 is 19.8 Å². The van der Waals surface area contributed by atoms with Gasteiger partial charge in [-0.2, -0.15) is 0 Å². The van der Waals surface area contributed by atoms with Crippen LogP contribution >= 0.6 is 7.82 Å². The SMILES string of the molecule is CCCC[C@@](CC)(C(=O)O)C(=O)OP(=O)(OCC)OCC. The van der Waals surface area contributed by atoms with Gasteiger partial charge in [-0.3, -0.25) is 18.6 Å². The number of hydrogen-bond acceptors (Lipinski definition) is 6. The molecule has 124 valence electrons. The van der Waals surface area contributed by atoms with Gasteiger partial charge in [0.05, 0.1) is 13.2 Å². The second-order valence-electron chi connectivity index (χ2n) is 4.51. The van der Waals surface area contributed by atoms with E-state index in [1.54, 1.807) is 20.8 Å². The van der Waals surface area contributed by atoms with Crippen molar-refractivity contribution in [1.29, 1.82) is 0 Å². The fourth-order valence-corrected chi connectivity index (χ4v) is 3.03. The normalized spacial score (nSPS) is 14.5. The maximum Gasteiger partial charge on any atom is 0.532 e. The Bertz CT molecular complexity index is 386. The Morgan fingerprint density at radius 1 is 1.10 bits per heavy atom.